The van der Waals surface area contributed by atoms with E-state index < -0.39 is 5.97 Å². The highest BCUT2D eigenvalue weighted by molar-refractivity contribution is 7.09. The highest BCUT2D eigenvalue weighted by atomic mass is 32.1. The van der Waals surface area contributed by atoms with Crippen molar-refractivity contribution in [2.45, 2.75) is 13.3 Å². The molecule has 2 rings (SSSR count). The maximum Gasteiger partial charge on any atom is 0.340 e. The Balaban J connectivity index is 2.06. The van der Waals surface area contributed by atoms with E-state index in [-0.39, 0.29) is 0 Å². The molecule has 0 spiro atoms. The van der Waals surface area contributed by atoms with Crippen LogP contribution in [0.15, 0.2) is 23.6 Å². The van der Waals surface area contributed by atoms with Crippen molar-refractivity contribution in [2.75, 3.05) is 24.7 Å². The molecule has 0 saturated carbocycles. The van der Waals surface area contributed by atoms with Crippen molar-refractivity contribution < 1.29 is 9.53 Å². The fraction of sp³-hybridized carbons (Fsp3) is 0.286. The number of aryl methyl sites for hydroxylation is 1. The van der Waals surface area contributed by atoms with E-state index in [0.717, 1.165) is 17.1 Å². The van der Waals surface area contributed by atoms with Crippen LogP contribution >= 0.6 is 11.3 Å². The van der Waals surface area contributed by atoms with Gasteiger partial charge in [0.05, 0.1) is 34.7 Å². The van der Waals surface area contributed by atoms with Gasteiger partial charge in [-0.2, -0.15) is 0 Å². The summed E-state index contributed by atoms with van der Waals surface area (Å²) >= 11 is 1.63. The van der Waals surface area contributed by atoms with Crippen LogP contribution in [0.3, 0.4) is 0 Å². The van der Waals surface area contributed by atoms with E-state index in [9.17, 15) is 4.79 Å². The number of esters is 1. The molecule has 0 atom stereocenters. The van der Waals surface area contributed by atoms with E-state index in [1.54, 1.807) is 29.5 Å². The summed E-state index contributed by atoms with van der Waals surface area (Å²) in [6.07, 6.45) is 0.777. The average molecular weight is 291 g/mol. The molecule has 0 saturated heterocycles. The molecule has 1 aromatic carbocycles. The van der Waals surface area contributed by atoms with Crippen molar-refractivity contribution >= 4 is 28.7 Å². The summed E-state index contributed by atoms with van der Waals surface area (Å²) in [5.74, 6) is -0.399. The maximum absolute atomic E-state index is 11.7. The van der Waals surface area contributed by atoms with Gasteiger partial charge in [0, 0.05) is 18.3 Å². The molecule has 0 bridgehead atoms. The quantitative estimate of drug-likeness (QED) is 0.653. The van der Waals surface area contributed by atoms with Crippen LogP contribution in [0.1, 0.15) is 21.1 Å². The van der Waals surface area contributed by atoms with Gasteiger partial charge in [-0.05, 0) is 19.1 Å². The minimum Gasteiger partial charge on any atom is -0.465 e. The molecule has 0 aliphatic rings. The number of benzene rings is 1. The first-order chi connectivity index (χ1) is 9.61. The van der Waals surface area contributed by atoms with Crippen molar-refractivity contribution in [1.29, 1.82) is 0 Å². The van der Waals surface area contributed by atoms with Gasteiger partial charge in [-0.1, -0.05) is 6.07 Å². The third-order valence-electron chi connectivity index (χ3n) is 2.85. The van der Waals surface area contributed by atoms with Crippen LogP contribution in [0, 0.1) is 6.92 Å². The number of rotatable bonds is 5. The number of carbonyl (C=O) groups excluding carboxylic acids is 1. The molecule has 6 heteroatoms. The van der Waals surface area contributed by atoms with Crippen LogP contribution in [0.2, 0.25) is 0 Å². The number of ether oxygens (including phenoxy) is 1. The molecule has 0 radical (unpaired) electrons. The second kappa shape index (κ2) is 6.38. The van der Waals surface area contributed by atoms with Gasteiger partial charge in [-0.25, -0.2) is 9.78 Å². The topological polar surface area (TPSA) is 77.2 Å². The number of hydrogen-bond donors (Lipinski definition) is 2. The normalized spacial score (nSPS) is 10.3. The first-order valence-corrected chi connectivity index (χ1v) is 7.11. The molecule has 106 valence electrons. The summed E-state index contributed by atoms with van der Waals surface area (Å²) in [6, 6.07) is 5.18. The molecule has 1 aromatic heterocycles. The van der Waals surface area contributed by atoms with E-state index in [1.807, 2.05) is 12.3 Å². The predicted molar refractivity (Wildman–Crippen MR) is 81.2 cm³/mol. The number of nitrogens with two attached hydrogens (primary N) is 1. The van der Waals surface area contributed by atoms with Crippen molar-refractivity contribution in [1.82, 2.24) is 4.98 Å². The second-order valence-corrected chi connectivity index (χ2v) is 5.36. The molecule has 2 aromatic rings. The molecule has 20 heavy (non-hydrogen) atoms. The smallest absolute Gasteiger partial charge is 0.340 e. The van der Waals surface area contributed by atoms with Gasteiger partial charge in [0.25, 0.3) is 0 Å². The van der Waals surface area contributed by atoms with Gasteiger partial charge in [0.15, 0.2) is 0 Å². The number of nitrogen functional groups attached to an aromatic ring is 1. The standard InChI is InChI=1S/C14H17N3O2S/c1-9-17-10(8-20-9)6-7-16-13-11(14(18)19-2)4-3-5-12(13)15/h3-5,8,16H,6-7,15H2,1-2H3. The zero-order valence-electron chi connectivity index (χ0n) is 11.5. The SMILES string of the molecule is COC(=O)c1cccc(N)c1NCCc1csc(C)n1. The van der Waals surface area contributed by atoms with E-state index in [1.165, 1.54) is 7.11 Å². The Kier molecular flexibility index (Phi) is 4.57. The van der Waals surface area contributed by atoms with Crippen LogP contribution in [-0.2, 0) is 11.2 Å². The monoisotopic (exact) mass is 291 g/mol. The summed E-state index contributed by atoms with van der Waals surface area (Å²) in [5, 5.41) is 6.28. The Bertz CT molecular complexity index is 610. The number of hydrogen-bond acceptors (Lipinski definition) is 6. The first-order valence-electron chi connectivity index (χ1n) is 6.23. The van der Waals surface area contributed by atoms with E-state index >= 15 is 0 Å². The van der Waals surface area contributed by atoms with E-state index in [2.05, 4.69) is 10.3 Å². The van der Waals surface area contributed by atoms with Crippen LogP contribution in [0.25, 0.3) is 0 Å². The van der Waals surface area contributed by atoms with Gasteiger partial charge in [0.1, 0.15) is 0 Å². The lowest BCUT2D eigenvalue weighted by molar-refractivity contribution is 0.0602. The lowest BCUT2D eigenvalue weighted by Gasteiger charge is -2.12. The van der Waals surface area contributed by atoms with Gasteiger partial charge >= 0.3 is 5.97 Å². The predicted octanol–water partition coefficient (Wildman–Crippen LogP) is 2.47. The zero-order chi connectivity index (χ0) is 14.5. The van der Waals surface area contributed by atoms with Crippen LogP contribution in [0.4, 0.5) is 11.4 Å². The van der Waals surface area contributed by atoms with Crippen LogP contribution in [0.5, 0.6) is 0 Å². The average Bonchev–Trinajstić information content (AvgIpc) is 2.85. The number of nitrogens with one attached hydrogen (secondary N) is 1. The molecule has 1 heterocycles. The minimum absolute atomic E-state index is 0.399. The van der Waals surface area contributed by atoms with Gasteiger partial charge < -0.3 is 15.8 Å². The zero-order valence-corrected chi connectivity index (χ0v) is 12.3. The number of thiazole rings is 1. The number of anilines is 2. The Labute approximate surface area is 121 Å². The summed E-state index contributed by atoms with van der Waals surface area (Å²) < 4.78 is 4.75. The second-order valence-electron chi connectivity index (χ2n) is 4.30. The van der Waals surface area contributed by atoms with Crippen molar-refractivity contribution in [3.8, 4) is 0 Å². The number of carbonyl (C=O) groups is 1. The Morgan fingerprint density at radius 3 is 2.95 bits per heavy atom. The van der Waals surface area contributed by atoms with E-state index in [0.29, 0.717) is 23.5 Å². The van der Waals surface area contributed by atoms with Crippen molar-refractivity contribution in [2.24, 2.45) is 0 Å². The summed E-state index contributed by atoms with van der Waals surface area (Å²) in [7, 11) is 1.35. The fourth-order valence-corrected chi connectivity index (χ4v) is 2.53. The third kappa shape index (κ3) is 3.27. The lowest BCUT2D eigenvalue weighted by Crippen LogP contribution is -2.12. The number of nitrogens with zero attached hydrogens (tertiary/aromatic N) is 1. The highest BCUT2D eigenvalue weighted by Gasteiger charge is 2.13. The molecule has 0 fully saturated rings. The minimum atomic E-state index is -0.399. The largest absolute Gasteiger partial charge is 0.465 e. The molecule has 5 nitrogen and oxygen atoms in total. The van der Waals surface area contributed by atoms with E-state index in [4.69, 9.17) is 10.5 Å². The Hall–Kier alpha value is -2.08. The molecular formula is C14H17N3O2S. The lowest BCUT2D eigenvalue weighted by atomic mass is 10.1. The number of para-hydroxylation sites is 1. The first kappa shape index (κ1) is 14.3. The van der Waals surface area contributed by atoms with Gasteiger partial charge in [-0.15, -0.1) is 11.3 Å². The molecule has 0 aliphatic carbocycles. The van der Waals surface area contributed by atoms with Crippen LogP contribution < -0.4 is 11.1 Å². The van der Waals surface area contributed by atoms with Gasteiger partial charge in [-0.3, -0.25) is 0 Å². The number of methoxy groups -OCH3 is 1. The van der Waals surface area contributed by atoms with Gasteiger partial charge in [0.2, 0.25) is 0 Å². The number of aromatic nitrogens is 1. The summed E-state index contributed by atoms with van der Waals surface area (Å²) in [4.78, 5) is 16.1. The summed E-state index contributed by atoms with van der Waals surface area (Å²) in [5.41, 5.74) is 8.54. The molecule has 0 amide bonds. The molecular weight excluding hydrogens is 274 g/mol. The molecule has 3 N–H and O–H groups in total. The summed E-state index contributed by atoms with van der Waals surface area (Å²) in [6.45, 7) is 2.63. The maximum atomic E-state index is 11.7. The van der Waals surface area contributed by atoms with Crippen molar-refractivity contribution in [3.63, 3.8) is 0 Å². The third-order valence-corrected chi connectivity index (χ3v) is 3.67. The Morgan fingerprint density at radius 2 is 2.30 bits per heavy atom. The van der Waals surface area contributed by atoms with Crippen LogP contribution in [-0.4, -0.2) is 24.6 Å². The fourth-order valence-electron chi connectivity index (χ4n) is 1.89. The highest BCUT2D eigenvalue weighted by Crippen LogP contribution is 2.24. The molecule has 0 unspecified atom stereocenters. The Morgan fingerprint density at radius 1 is 1.50 bits per heavy atom. The molecule has 0 aliphatic heterocycles. The van der Waals surface area contributed by atoms with Crippen molar-refractivity contribution in [3.05, 3.63) is 39.8 Å².